The molecule has 0 heterocycles. The Morgan fingerprint density at radius 2 is 1.00 bits per heavy atom. The van der Waals surface area contributed by atoms with Crippen LogP contribution >= 0.6 is 0 Å². The van der Waals surface area contributed by atoms with Crippen LogP contribution in [0.15, 0.2) is 48.5 Å². The molecule has 0 saturated heterocycles. The zero-order valence-corrected chi connectivity index (χ0v) is 13.9. The summed E-state index contributed by atoms with van der Waals surface area (Å²) in [5.74, 6) is 0. The predicted molar refractivity (Wildman–Crippen MR) is 93.0 cm³/mol. The second-order valence-electron chi connectivity index (χ2n) is 5.40. The standard InChI is InChI=1S/C17H16.2C2H6/c1-3-7-15-13(5-1)9-11-17(15)12-10-14-6-2-4-8-16(14)17;2*1-2/h1-8H,9-12H2;2*1-2H3. The maximum atomic E-state index is 2.35. The van der Waals surface area contributed by atoms with Gasteiger partial charge in [0.05, 0.1) is 0 Å². The lowest BCUT2D eigenvalue weighted by Gasteiger charge is -2.26. The molecule has 0 amide bonds. The van der Waals surface area contributed by atoms with Gasteiger partial charge in [-0.2, -0.15) is 0 Å². The van der Waals surface area contributed by atoms with Gasteiger partial charge in [-0.1, -0.05) is 76.2 Å². The molecule has 21 heavy (non-hydrogen) atoms. The zero-order valence-electron chi connectivity index (χ0n) is 13.9. The Morgan fingerprint density at radius 1 is 0.619 bits per heavy atom. The summed E-state index contributed by atoms with van der Waals surface area (Å²) in [7, 11) is 0. The van der Waals surface area contributed by atoms with Gasteiger partial charge in [0, 0.05) is 5.41 Å². The van der Waals surface area contributed by atoms with Gasteiger partial charge in [0.2, 0.25) is 0 Å². The fourth-order valence-electron chi connectivity index (χ4n) is 3.92. The van der Waals surface area contributed by atoms with Crippen molar-refractivity contribution >= 4 is 0 Å². The molecule has 0 fully saturated rings. The molecule has 0 aromatic heterocycles. The van der Waals surface area contributed by atoms with Crippen LogP contribution in [-0.4, -0.2) is 0 Å². The van der Waals surface area contributed by atoms with Crippen molar-refractivity contribution in [1.82, 2.24) is 0 Å². The van der Waals surface area contributed by atoms with E-state index in [0.29, 0.717) is 5.41 Å². The Labute approximate surface area is 130 Å². The average molecular weight is 280 g/mol. The molecule has 2 aromatic rings. The smallest absolute Gasteiger partial charge is 0.0214 e. The van der Waals surface area contributed by atoms with Gasteiger partial charge in [-0.25, -0.2) is 0 Å². The van der Waals surface area contributed by atoms with E-state index in [1.807, 2.05) is 27.7 Å². The maximum Gasteiger partial charge on any atom is 0.0214 e. The first-order valence-electron chi connectivity index (χ1n) is 8.57. The van der Waals surface area contributed by atoms with Crippen molar-refractivity contribution in [3.05, 3.63) is 70.8 Å². The molecular weight excluding hydrogens is 252 g/mol. The summed E-state index contributed by atoms with van der Waals surface area (Å²) >= 11 is 0. The van der Waals surface area contributed by atoms with E-state index in [9.17, 15) is 0 Å². The topological polar surface area (TPSA) is 0 Å². The van der Waals surface area contributed by atoms with E-state index in [0.717, 1.165) is 0 Å². The van der Waals surface area contributed by atoms with Crippen molar-refractivity contribution < 1.29 is 0 Å². The highest BCUT2D eigenvalue weighted by molar-refractivity contribution is 5.53. The molecule has 2 aliphatic rings. The van der Waals surface area contributed by atoms with E-state index >= 15 is 0 Å². The van der Waals surface area contributed by atoms with Crippen LogP contribution < -0.4 is 0 Å². The van der Waals surface area contributed by atoms with Crippen LogP contribution in [0.1, 0.15) is 62.8 Å². The minimum absolute atomic E-state index is 0.354. The Kier molecular flexibility index (Phi) is 5.22. The average Bonchev–Trinajstić information content (AvgIpc) is 3.15. The fraction of sp³-hybridized carbons (Fsp3) is 0.429. The molecule has 0 saturated carbocycles. The molecule has 0 unspecified atom stereocenters. The summed E-state index contributed by atoms with van der Waals surface area (Å²) in [6.07, 6.45) is 5.13. The second-order valence-corrected chi connectivity index (χ2v) is 5.40. The van der Waals surface area contributed by atoms with Gasteiger partial charge in [0.25, 0.3) is 0 Å². The highest BCUT2D eigenvalue weighted by atomic mass is 14.5. The quantitative estimate of drug-likeness (QED) is 0.562. The lowest BCUT2D eigenvalue weighted by atomic mass is 9.77. The van der Waals surface area contributed by atoms with E-state index < -0.39 is 0 Å². The first-order valence-corrected chi connectivity index (χ1v) is 8.57. The van der Waals surface area contributed by atoms with Gasteiger partial charge in [-0.15, -0.1) is 0 Å². The van der Waals surface area contributed by atoms with E-state index in [1.165, 1.54) is 25.7 Å². The third-order valence-corrected chi connectivity index (χ3v) is 4.71. The summed E-state index contributed by atoms with van der Waals surface area (Å²) < 4.78 is 0. The Morgan fingerprint density at radius 3 is 1.43 bits per heavy atom. The van der Waals surface area contributed by atoms with Gasteiger partial charge in [-0.05, 0) is 47.9 Å². The van der Waals surface area contributed by atoms with Gasteiger partial charge in [0.1, 0.15) is 0 Å². The van der Waals surface area contributed by atoms with E-state index in [-0.39, 0.29) is 0 Å². The Balaban J connectivity index is 0.000000374. The van der Waals surface area contributed by atoms with Crippen LogP contribution in [-0.2, 0) is 18.3 Å². The van der Waals surface area contributed by atoms with Crippen molar-refractivity contribution in [3.63, 3.8) is 0 Å². The lowest BCUT2D eigenvalue weighted by Crippen LogP contribution is -2.20. The van der Waals surface area contributed by atoms with Crippen molar-refractivity contribution in [1.29, 1.82) is 0 Å². The van der Waals surface area contributed by atoms with E-state index in [1.54, 1.807) is 22.3 Å². The molecule has 4 rings (SSSR count). The number of hydrogen-bond donors (Lipinski definition) is 0. The lowest BCUT2D eigenvalue weighted by molar-refractivity contribution is 0.507. The van der Waals surface area contributed by atoms with Crippen LogP contribution in [0.4, 0.5) is 0 Å². The summed E-state index contributed by atoms with van der Waals surface area (Å²) in [6.45, 7) is 8.00. The number of rotatable bonds is 0. The number of benzene rings is 2. The predicted octanol–water partition coefficient (Wildman–Crippen LogP) is 5.92. The number of hydrogen-bond acceptors (Lipinski definition) is 0. The fourth-order valence-corrected chi connectivity index (χ4v) is 3.92. The van der Waals surface area contributed by atoms with Crippen LogP contribution in [0, 0.1) is 0 Å². The van der Waals surface area contributed by atoms with E-state index in [4.69, 9.17) is 0 Å². The summed E-state index contributed by atoms with van der Waals surface area (Å²) in [5, 5.41) is 0. The molecule has 112 valence electrons. The first kappa shape index (κ1) is 15.8. The highest BCUT2D eigenvalue weighted by Gasteiger charge is 2.43. The van der Waals surface area contributed by atoms with Crippen molar-refractivity contribution in [2.45, 2.75) is 58.8 Å². The van der Waals surface area contributed by atoms with Crippen LogP contribution in [0.2, 0.25) is 0 Å². The molecule has 2 aliphatic carbocycles. The number of fused-ring (bicyclic) bond motifs is 4. The third-order valence-electron chi connectivity index (χ3n) is 4.71. The van der Waals surface area contributed by atoms with Crippen molar-refractivity contribution in [2.75, 3.05) is 0 Å². The van der Waals surface area contributed by atoms with Crippen molar-refractivity contribution in [2.24, 2.45) is 0 Å². The largest absolute Gasteiger partial charge is 0.0683 e. The highest BCUT2D eigenvalue weighted by Crippen LogP contribution is 2.51. The molecule has 0 N–H and O–H groups in total. The third kappa shape index (κ3) is 2.52. The molecule has 0 bridgehead atoms. The Hall–Kier alpha value is -1.56. The zero-order chi connectivity index (χ0) is 15.3. The van der Waals surface area contributed by atoms with Crippen LogP contribution in [0.5, 0.6) is 0 Å². The molecule has 0 aliphatic heterocycles. The minimum atomic E-state index is 0.354. The molecule has 0 atom stereocenters. The molecule has 2 aromatic carbocycles. The first-order chi connectivity index (χ1) is 10.4. The monoisotopic (exact) mass is 280 g/mol. The van der Waals surface area contributed by atoms with Gasteiger partial charge < -0.3 is 0 Å². The molecule has 1 spiro atoms. The molecule has 0 heteroatoms. The normalized spacial score (nSPS) is 16.2. The SMILES string of the molecule is CC.CC.c1ccc2c(c1)CCC21CCc2ccccc21. The van der Waals surface area contributed by atoms with E-state index in [2.05, 4.69) is 48.5 Å². The number of aryl methyl sites for hydroxylation is 2. The van der Waals surface area contributed by atoms with Crippen LogP contribution in [0.3, 0.4) is 0 Å². The van der Waals surface area contributed by atoms with Crippen molar-refractivity contribution in [3.8, 4) is 0 Å². The summed E-state index contributed by atoms with van der Waals surface area (Å²) in [5.41, 5.74) is 6.70. The molecule has 0 radical (unpaired) electrons. The second kappa shape index (κ2) is 6.93. The van der Waals surface area contributed by atoms with Gasteiger partial charge in [-0.3, -0.25) is 0 Å². The summed E-state index contributed by atoms with van der Waals surface area (Å²) in [6, 6.07) is 18.1. The minimum Gasteiger partial charge on any atom is -0.0683 e. The summed E-state index contributed by atoms with van der Waals surface area (Å²) in [4.78, 5) is 0. The maximum absolute atomic E-state index is 2.35. The molecular formula is C21H28. The van der Waals surface area contributed by atoms with Gasteiger partial charge in [0.15, 0.2) is 0 Å². The molecule has 0 nitrogen and oxygen atoms in total. The van der Waals surface area contributed by atoms with Gasteiger partial charge >= 0.3 is 0 Å². The Bertz CT molecular complexity index is 527. The van der Waals surface area contributed by atoms with Crippen LogP contribution in [0.25, 0.3) is 0 Å².